The van der Waals surface area contributed by atoms with Crippen molar-refractivity contribution in [3.63, 3.8) is 0 Å². The zero-order valence-electron chi connectivity index (χ0n) is 13.7. The second-order valence-electron chi connectivity index (χ2n) is 6.88. The maximum Gasteiger partial charge on any atom is 0.121 e. The fourth-order valence-electron chi connectivity index (χ4n) is 3.59. The van der Waals surface area contributed by atoms with Gasteiger partial charge in [0.2, 0.25) is 0 Å². The number of nitrogens with two attached hydrogens (primary N) is 1. The Labute approximate surface area is 140 Å². The van der Waals surface area contributed by atoms with E-state index in [9.17, 15) is 0 Å². The van der Waals surface area contributed by atoms with Crippen LogP contribution in [0.25, 0.3) is 33.1 Å². The summed E-state index contributed by atoms with van der Waals surface area (Å²) in [4.78, 5) is 0. The van der Waals surface area contributed by atoms with Gasteiger partial charge in [0.1, 0.15) is 5.82 Å². The zero-order chi connectivity index (χ0) is 16.3. The Kier molecular flexibility index (Phi) is 2.77. The summed E-state index contributed by atoms with van der Waals surface area (Å²) in [6.45, 7) is 1.12. The minimum atomic E-state index is 0.682. The molecule has 2 N–H and O–H groups in total. The van der Waals surface area contributed by atoms with Gasteiger partial charge in [-0.25, -0.2) is 0 Å². The monoisotopic (exact) mass is 316 g/mol. The van der Waals surface area contributed by atoms with Crippen molar-refractivity contribution in [3.8, 4) is 11.3 Å². The Bertz CT molecular complexity index is 1050. The van der Waals surface area contributed by atoms with Crippen LogP contribution in [-0.2, 0) is 13.6 Å². The Morgan fingerprint density at radius 3 is 2.58 bits per heavy atom. The molecule has 1 fully saturated rings. The second kappa shape index (κ2) is 4.87. The van der Waals surface area contributed by atoms with E-state index in [1.54, 1.807) is 4.68 Å². The standard InChI is InChI=1S/C20H20N4/c1-23-20(21)11-17(22-23)14-8-9-19-16(10-14)15-4-2-3-5-18(15)24(19)12-13-6-7-13/h2-5,8-11,13H,6-7,12,21H2,1H3. The number of hydrogen-bond acceptors (Lipinski definition) is 2. The Balaban J connectivity index is 1.75. The molecule has 0 radical (unpaired) electrons. The molecular weight excluding hydrogens is 296 g/mol. The number of aromatic nitrogens is 3. The van der Waals surface area contributed by atoms with Gasteiger partial charge in [-0.15, -0.1) is 0 Å². The lowest BCUT2D eigenvalue weighted by atomic mass is 10.1. The summed E-state index contributed by atoms with van der Waals surface area (Å²) in [7, 11) is 1.87. The molecule has 1 aliphatic carbocycles. The predicted molar refractivity (Wildman–Crippen MR) is 98.8 cm³/mol. The van der Waals surface area contributed by atoms with Crippen molar-refractivity contribution in [1.29, 1.82) is 0 Å². The van der Waals surface area contributed by atoms with Gasteiger partial charge in [-0.05, 0) is 37.0 Å². The maximum absolute atomic E-state index is 5.94. The van der Waals surface area contributed by atoms with Gasteiger partial charge in [0.15, 0.2) is 0 Å². The molecule has 4 nitrogen and oxygen atoms in total. The number of aryl methyl sites for hydroxylation is 1. The molecule has 4 aromatic rings. The number of fused-ring (bicyclic) bond motifs is 3. The summed E-state index contributed by atoms with van der Waals surface area (Å²) >= 11 is 0. The first-order valence-electron chi connectivity index (χ1n) is 8.51. The predicted octanol–water partition coefficient (Wildman–Crippen LogP) is 4.19. The maximum atomic E-state index is 5.94. The van der Waals surface area contributed by atoms with Crippen LogP contribution in [0.5, 0.6) is 0 Å². The van der Waals surface area contributed by atoms with Gasteiger partial charge in [0.05, 0.1) is 5.69 Å². The first kappa shape index (κ1) is 13.7. The van der Waals surface area contributed by atoms with Crippen LogP contribution in [0.3, 0.4) is 0 Å². The molecule has 2 heterocycles. The van der Waals surface area contributed by atoms with Crippen LogP contribution in [0.4, 0.5) is 5.82 Å². The first-order valence-corrected chi connectivity index (χ1v) is 8.51. The third-order valence-electron chi connectivity index (χ3n) is 5.12. The average Bonchev–Trinajstić information content (AvgIpc) is 3.29. The smallest absolute Gasteiger partial charge is 0.121 e. The van der Waals surface area contributed by atoms with Gasteiger partial charge >= 0.3 is 0 Å². The molecule has 1 saturated carbocycles. The van der Waals surface area contributed by atoms with E-state index < -0.39 is 0 Å². The largest absolute Gasteiger partial charge is 0.384 e. The van der Waals surface area contributed by atoms with E-state index >= 15 is 0 Å². The van der Waals surface area contributed by atoms with E-state index in [0.29, 0.717) is 5.82 Å². The molecule has 0 bridgehead atoms. The molecule has 0 spiro atoms. The molecule has 2 aromatic carbocycles. The van der Waals surface area contributed by atoms with E-state index in [2.05, 4.69) is 52.1 Å². The summed E-state index contributed by atoms with van der Waals surface area (Å²) in [5.74, 6) is 1.53. The Morgan fingerprint density at radius 2 is 1.83 bits per heavy atom. The van der Waals surface area contributed by atoms with Crippen LogP contribution < -0.4 is 5.73 Å². The topological polar surface area (TPSA) is 48.8 Å². The number of rotatable bonds is 3. The SMILES string of the molecule is Cn1nc(-c2ccc3c(c2)c2ccccc2n3CC2CC2)cc1N. The van der Waals surface area contributed by atoms with Crippen molar-refractivity contribution in [3.05, 3.63) is 48.5 Å². The number of nitrogen functional groups attached to an aromatic ring is 1. The zero-order valence-corrected chi connectivity index (χ0v) is 13.7. The van der Waals surface area contributed by atoms with Crippen molar-refractivity contribution in [2.24, 2.45) is 13.0 Å². The minimum Gasteiger partial charge on any atom is -0.384 e. The number of hydrogen-bond donors (Lipinski definition) is 1. The second-order valence-corrected chi connectivity index (χ2v) is 6.88. The van der Waals surface area contributed by atoms with Crippen molar-refractivity contribution < 1.29 is 0 Å². The minimum absolute atomic E-state index is 0.682. The van der Waals surface area contributed by atoms with Gasteiger partial charge in [-0.1, -0.05) is 24.3 Å². The lowest BCUT2D eigenvalue weighted by Gasteiger charge is -2.06. The van der Waals surface area contributed by atoms with Gasteiger partial charge in [0, 0.05) is 47.0 Å². The van der Waals surface area contributed by atoms with Crippen molar-refractivity contribution in [2.45, 2.75) is 19.4 Å². The van der Waals surface area contributed by atoms with E-state index in [1.165, 1.54) is 34.6 Å². The molecule has 24 heavy (non-hydrogen) atoms. The fraction of sp³-hybridized carbons (Fsp3) is 0.250. The van der Waals surface area contributed by atoms with Crippen LogP contribution in [0.15, 0.2) is 48.5 Å². The average molecular weight is 316 g/mol. The highest BCUT2D eigenvalue weighted by Crippen LogP contribution is 2.37. The van der Waals surface area contributed by atoms with E-state index in [0.717, 1.165) is 23.7 Å². The number of anilines is 1. The Morgan fingerprint density at radius 1 is 1.04 bits per heavy atom. The van der Waals surface area contributed by atoms with Gasteiger partial charge < -0.3 is 10.3 Å². The molecule has 120 valence electrons. The lowest BCUT2D eigenvalue weighted by Crippen LogP contribution is -1.98. The number of nitrogens with zero attached hydrogens (tertiary/aromatic N) is 3. The summed E-state index contributed by atoms with van der Waals surface area (Å²) in [6, 6.07) is 17.3. The molecule has 0 amide bonds. The van der Waals surface area contributed by atoms with Crippen LogP contribution in [0.1, 0.15) is 12.8 Å². The molecule has 0 unspecified atom stereocenters. The van der Waals surface area contributed by atoms with Crippen molar-refractivity contribution in [1.82, 2.24) is 14.3 Å². The number of para-hydroxylation sites is 1. The molecule has 5 rings (SSSR count). The highest BCUT2D eigenvalue weighted by Gasteiger charge is 2.23. The van der Waals surface area contributed by atoms with Gasteiger partial charge in [-0.2, -0.15) is 5.10 Å². The Hall–Kier alpha value is -2.75. The van der Waals surface area contributed by atoms with Crippen molar-refractivity contribution in [2.75, 3.05) is 5.73 Å². The molecule has 0 aliphatic heterocycles. The van der Waals surface area contributed by atoms with Gasteiger partial charge in [0.25, 0.3) is 0 Å². The van der Waals surface area contributed by atoms with Crippen LogP contribution in [-0.4, -0.2) is 14.3 Å². The van der Waals surface area contributed by atoms with E-state index in [-0.39, 0.29) is 0 Å². The summed E-state index contributed by atoms with van der Waals surface area (Å²) in [5, 5.41) is 7.13. The normalized spacial score (nSPS) is 14.7. The summed E-state index contributed by atoms with van der Waals surface area (Å²) in [5.41, 5.74) is 10.6. The lowest BCUT2D eigenvalue weighted by molar-refractivity contribution is 0.664. The quantitative estimate of drug-likeness (QED) is 0.616. The third kappa shape index (κ3) is 2.03. The van der Waals surface area contributed by atoms with Gasteiger partial charge in [-0.3, -0.25) is 4.68 Å². The summed E-state index contributed by atoms with van der Waals surface area (Å²) < 4.78 is 4.20. The van der Waals surface area contributed by atoms with Crippen LogP contribution >= 0.6 is 0 Å². The van der Waals surface area contributed by atoms with E-state index in [4.69, 9.17) is 5.73 Å². The van der Waals surface area contributed by atoms with Crippen molar-refractivity contribution >= 4 is 27.6 Å². The van der Waals surface area contributed by atoms with Crippen LogP contribution in [0.2, 0.25) is 0 Å². The third-order valence-corrected chi connectivity index (χ3v) is 5.12. The first-order chi connectivity index (χ1) is 11.7. The van der Waals surface area contributed by atoms with E-state index in [1.807, 2.05) is 13.1 Å². The molecular formula is C20H20N4. The summed E-state index contributed by atoms with van der Waals surface area (Å²) in [6.07, 6.45) is 2.72. The van der Waals surface area contributed by atoms with Crippen LogP contribution in [0, 0.1) is 5.92 Å². The number of benzene rings is 2. The molecule has 1 aliphatic rings. The molecule has 0 saturated heterocycles. The fourth-order valence-corrected chi connectivity index (χ4v) is 3.59. The highest BCUT2D eigenvalue weighted by atomic mass is 15.3. The highest BCUT2D eigenvalue weighted by molar-refractivity contribution is 6.09. The molecule has 4 heteroatoms. The molecule has 0 atom stereocenters. The molecule has 2 aromatic heterocycles.